The van der Waals surface area contributed by atoms with E-state index < -0.39 is 0 Å². The largest absolute Gasteiger partial charge is 0.251 e. The monoisotopic (exact) mass is 130 g/mol. The first-order chi connectivity index (χ1) is 4.29. The Morgan fingerprint density at radius 2 is 2.00 bits per heavy atom. The average Bonchev–Trinajstić information content (AvgIpc) is 2.63. The minimum atomic E-state index is -0.0956. The fourth-order valence-corrected chi connectivity index (χ4v) is 1.77. The number of rotatable bonds is 3. The van der Waals surface area contributed by atoms with Gasteiger partial charge in [0.25, 0.3) is 0 Å². The summed E-state index contributed by atoms with van der Waals surface area (Å²) in [5.41, 5.74) is 0.425. The van der Waals surface area contributed by atoms with Gasteiger partial charge < -0.3 is 0 Å². The molecule has 0 saturated heterocycles. The Bertz CT molecular complexity index is 94.7. The Morgan fingerprint density at radius 3 is 2.11 bits per heavy atom. The van der Waals surface area contributed by atoms with E-state index in [-0.39, 0.29) is 6.67 Å². The minimum Gasteiger partial charge on any atom is -0.251 e. The molecule has 1 heteroatoms. The lowest BCUT2D eigenvalue weighted by Crippen LogP contribution is -2.00. The van der Waals surface area contributed by atoms with Crippen LogP contribution in [0.1, 0.15) is 33.1 Å². The van der Waals surface area contributed by atoms with Crippen molar-refractivity contribution >= 4 is 0 Å². The maximum atomic E-state index is 12.0. The van der Waals surface area contributed by atoms with Crippen LogP contribution in [0.15, 0.2) is 0 Å². The second-order valence-corrected chi connectivity index (χ2v) is 3.12. The molecule has 0 radical (unpaired) electrons. The summed E-state index contributed by atoms with van der Waals surface area (Å²) in [7, 11) is 0. The summed E-state index contributed by atoms with van der Waals surface area (Å²) in [4.78, 5) is 0. The van der Waals surface area contributed by atoms with Crippen molar-refractivity contribution < 1.29 is 4.39 Å². The van der Waals surface area contributed by atoms with Crippen molar-refractivity contribution in [3.63, 3.8) is 0 Å². The molecule has 1 fully saturated rings. The first kappa shape index (κ1) is 7.04. The first-order valence-electron chi connectivity index (χ1n) is 3.85. The van der Waals surface area contributed by atoms with Crippen LogP contribution in [0, 0.1) is 11.3 Å². The van der Waals surface area contributed by atoms with Gasteiger partial charge in [0.15, 0.2) is 0 Å². The molecule has 0 nitrogen and oxygen atoms in total. The molecule has 9 heavy (non-hydrogen) atoms. The lowest BCUT2D eigenvalue weighted by Gasteiger charge is -2.08. The lowest BCUT2D eigenvalue weighted by atomic mass is 9.98. The highest BCUT2D eigenvalue weighted by atomic mass is 19.1. The molecule has 0 amide bonds. The van der Waals surface area contributed by atoms with Gasteiger partial charge in [-0.1, -0.05) is 26.7 Å². The van der Waals surface area contributed by atoms with E-state index in [4.69, 9.17) is 0 Å². The summed E-state index contributed by atoms with van der Waals surface area (Å²) in [6.07, 6.45) is 3.46. The zero-order valence-electron chi connectivity index (χ0n) is 6.28. The maximum Gasteiger partial charge on any atom is 0.0928 e. The summed E-state index contributed by atoms with van der Waals surface area (Å²) >= 11 is 0. The lowest BCUT2D eigenvalue weighted by molar-refractivity contribution is 0.357. The second kappa shape index (κ2) is 2.28. The van der Waals surface area contributed by atoms with E-state index >= 15 is 0 Å². The summed E-state index contributed by atoms with van der Waals surface area (Å²) in [6, 6.07) is 0. The van der Waals surface area contributed by atoms with E-state index in [2.05, 4.69) is 13.8 Å². The highest BCUT2D eigenvalue weighted by Gasteiger charge is 2.50. The first-order valence-corrected chi connectivity index (χ1v) is 3.85. The quantitative estimate of drug-likeness (QED) is 0.551. The Balaban J connectivity index is 2.37. The molecular weight excluding hydrogens is 115 g/mol. The van der Waals surface area contributed by atoms with Crippen molar-refractivity contribution in [2.75, 3.05) is 6.67 Å². The molecule has 1 aliphatic carbocycles. The smallest absolute Gasteiger partial charge is 0.0928 e. The second-order valence-electron chi connectivity index (χ2n) is 3.12. The van der Waals surface area contributed by atoms with Crippen LogP contribution in [0.25, 0.3) is 0 Å². The molecule has 0 N–H and O–H groups in total. The van der Waals surface area contributed by atoms with Crippen LogP contribution in [0.4, 0.5) is 4.39 Å². The van der Waals surface area contributed by atoms with Gasteiger partial charge in [0.1, 0.15) is 0 Å². The zero-order chi connectivity index (χ0) is 6.91. The van der Waals surface area contributed by atoms with Crippen LogP contribution in [-0.2, 0) is 0 Å². The van der Waals surface area contributed by atoms with Gasteiger partial charge in [0, 0.05) is 0 Å². The fourth-order valence-electron chi connectivity index (χ4n) is 1.77. The number of hydrogen-bond donors (Lipinski definition) is 0. The molecular formula is C8H15F. The van der Waals surface area contributed by atoms with Crippen LogP contribution in [0.3, 0.4) is 0 Å². The maximum absolute atomic E-state index is 12.0. The highest BCUT2D eigenvalue weighted by molar-refractivity contribution is 4.99. The summed E-state index contributed by atoms with van der Waals surface area (Å²) < 4.78 is 12.0. The molecule has 1 unspecified atom stereocenters. The standard InChI is InChI=1S/C8H15F/c1-3-8(4-2)5-7(8)6-9/h7H,3-6H2,1-2H3. The van der Waals surface area contributed by atoms with Crippen LogP contribution in [-0.4, -0.2) is 6.67 Å². The Morgan fingerprint density at radius 1 is 1.44 bits per heavy atom. The van der Waals surface area contributed by atoms with E-state index in [9.17, 15) is 4.39 Å². The predicted octanol–water partition coefficient (Wildman–Crippen LogP) is 2.78. The summed E-state index contributed by atoms with van der Waals surface area (Å²) in [6.45, 7) is 4.24. The Kier molecular flexibility index (Phi) is 1.78. The van der Waals surface area contributed by atoms with Gasteiger partial charge in [0.2, 0.25) is 0 Å². The third-order valence-corrected chi connectivity index (χ3v) is 2.95. The van der Waals surface area contributed by atoms with E-state index in [1.165, 1.54) is 0 Å². The summed E-state index contributed by atoms with van der Waals surface area (Å²) in [5, 5.41) is 0. The minimum absolute atomic E-state index is 0.0956. The molecule has 0 heterocycles. The highest BCUT2D eigenvalue weighted by Crippen LogP contribution is 2.57. The average molecular weight is 130 g/mol. The molecule has 1 rings (SSSR count). The van der Waals surface area contributed by atoms with Gasteiger partial charge in [-0.15, -0.1) is 0 Å². The summed E-state index contributed by atoms with van der Waals surface area (Å²) in [5.74, 6) is 0.410. The number of alkyl halides is 1. The third-order valence-electron chi connectivity index (χ3n) is 2.95. The predicted molar refractivity (Wildman–Crippen MR) is 37.1 cm³/mol. The van der Waals surface area contributed by atoms with Crippen LogP contribution >= 0.6 is 0 Å². The Labute approximate surface area is 56.5 Å². The molecule has 1 saturated carbocycles. The molecule has 54 valence electrons. The molecule has 0 bridgehead atoms. The molecule has 1 aliphatic rings. The molecule has 0 spiro atoms. The van der Waals surface area contributed by atoms with E-state index in [0.29, 0.717) is 11.3 Å². The van der Waals surface area contributed by atoms with Gasteiger partial charge in [-0.05, 0) is 17.8 Å². The molecule has 0 aromatic rings. The van der Waals surface area contributed by atoms with E-state index in [0.717, 1.165) is 19.3 Å². The van der Waals surface area contributed by atoms with Gasteiger partial charge in [0.05, 0.1) is 6.67 Å². The number of hydrogen-bond acceptors (Lipinski definition) is 0. The van der Waals surface area contributed by atoms with Crippen molar-refractivity contribution in [3.8, 4) is 0 Å². The van der Waals surface area contributed by atoms with Crippen molar-refractivity contribution in [2.24, 2.45) is 11.3 Å². The fraction of sp³-hybridized carbons (Fsp3) is 1.00. The van der Waals surface area contributed by atoms with Gasteiger partial charge in [-0.2, -0.15) is 0 Å². The molecule has 1 atom stereocenters. The Hall–Kier alpha value is -0.0700. The third kappa shape index (κ3) is 0.973. The van der Waals surface area contributed by atoms with Gasteiger partial charge in [-0.25, -0.2) is 0 Å². The topological polar surface area (TPSA) is 0 Å². The molecule has 0 aliphatic heterocycles. The van der Waals surface area contributed by atoms with Crippen molar-refractivity contribution in [1.82, 2.24) is 0 Å². The van der Waals surface area contributed by atoms with Crippen molar-refractivity contribution in [3.05, 3.63) is 0 Å². The van der Waals surface area contributed by atoms with Crippen LogP contribution in [0.2, 0.25) is 0 Å². The van der Waals surface area contributed by atoms with Crippen molar-refractivity contribution in [1.29, 1.82) is 0 Å². The van der Waals surface area contributed by atoms with Gasteiger partial charge in [-0.3, -0.25) is 4.39 Å². The molecule has 0 aromatic heterocycles. The number of halogens is 1. The SMILES string of the molecule is CCC1(CC)CC1CF. The zero-order valence-corrected chi connectivity index (χ0v) is 6.28. The van der Waals surface area contributed by atoms with Crippen LogP contribution in [0.5, 0.6) is 0 Å². The van der Waals surface area contributed by atoms with Crippen molar-refractivity contribution in [2.45, 2.75) is 33.1 Å². The van der Waals surface area contributed by atoms with Crippen LogP contribution < -0.4 is 0 Å². The van der Waals surface area contributed by atoms with E-state index in [1.54, 1.807) is 0 Å². The van der Waals surface area contributed by atoms with E-state index in [1.807, 2.05) is 0 Å². The van der Waals surface area contributed by atoms with Gasteiger partial charge >= 0.3 is 0 Å². The molecule has 0 aromatic carbocycles. The normalized spacial score (nSPS) is 30.3.